The molecule has 2 aromatic rings. The second-order valence-electron chi connectivity index (χ2n) is 3.86. The maximum atomic E-state index is 10.6. The number of nitrogens with zero attached hydrogens (tertiary/aromatic N) is 2. The number of hydrogen-bond acceptors (Lipinski definition) is 5. The summed E-state index contributed by atoms with van der Waals surface area (Å²) in [5.41, 5.74) is -0.0717. The standard InChI is InChI=1S/C11H11ClN2O3S/c1-14(6-8-2-3-10(12)18-8)5-7-4-9(11(15)16)13-17-7/h2-4H,5-6H2,1H3,(H,15,16). The van der Waals surface area contributed by atoms with Crippen LogP contribution in [0.5, 0.6) is 0 Å². The zero-order chi connectivity index (χ0) is 13.1. The second-order valence-corrected chi connectivity index (χ2v) is 5.66. The lowest BCUT2D eigenvalue weighted by Gasteiger charge is -2.12. The molecule has 0 fully saturated rings. The number of rotatable bonds is 5. The molecule has 0 unspecified atom stereocenters. The van der Waals surface area contributed by atoms with Crippen molar-refractivity contribution in [2.24, 2.45) is 0 Å². The van der Waals surface area contributed by atoms with Gasteiger partial charge < -0.3 is 9.63 Å². The van der Waals surface area contributed by atoms with Crippen molar-refractivity contribution in [3.63, 3.8) is 0 Å². The summed E-state index contributed by atoms with van der Waals surface area (Å²) in [4.78, 5) is 13.8. The molecule has 0 aliphatic rings. The fraction of sp³-hybridized carbons (Fsp3) is 0.273. The van der Waals surface area contributed by atoms with Gasteiger partial charge in [0, 0.05) is 17.5 Å². The third-order valence-electron chi connectivity index (χ3n) is 2.26. The van der Waals surface area contributed by atoms with Gasteiger partial charge >= 0.3 is 5.97 Å². The predicted octanol–water partition coefficient (Wildman–Crippen LogP) is 2.72. The Kier molecular flexibility index (Phi) is 4.00. The lowest BCUT2D eigenvalue weighted by Crippen LogP contribution is -2.16. The van der Waals surface area contributed by atoms with Gasteiger partial charge in [0.1, 0.15) is 0 Å². The quantitative estimate of drug-likeness (QED) is 0.915. The molecule has 7 heteroatoms. The zero-order valence-electron chi connectivity index (χ0n) is 9.59. The van der Waals surface area contributed by atoms with Crippen LogP contribution in [0.2, 0.25) is 4.34 Å². The lowest BCUT2D eigenvalue weighted by molar-refractivity contribution is 0.0685. The minimum Gasteiger partial charge on any atom is -0.476 e. The minimum absolute atomic E-state index is 0.0717. The highest BCUT2D eigenvalue weighted by atomic mass is 35.5. The Hall–Kier alpha value is -1.37. The molecule has 0 saturated carbocycles. The van der Waals surface area contributed by atoms with Crippen molar-refractivity contribution in [2.75, 3.05) is 7.05 Å². The molecule has 0 amide bonds. The average molecular weight is 287 g/mol. The lowest BCUT2D eigenvalue weighted by atomic mass is 10.3. The molecule has 1 N–H and O–H groups in total. The van der Waals surface area contributed by atoms with E-state index in [-0.39, 0.29) is 5.69 Å². The molecule has 2 aromatic heterocycles. The molecular formula is C11H11ClN2O3S. The summed E-state index contributed by atoms with van der Waals surface area (Å²) in [6, 6.07) is 5.25. The van der Waals surface area contributed by atoms with Crippen molar-refractivity contribution in [2.45, 2.75) is 13.1 Å². The van der Waals surface area contributed by atoms with E-state index in [0.29, 0.717) is 12.3 Å². The summed E-state index contributed by atoms with van der Waals surface area (Å²) in [6.45, 7) is 1.22. The molecule has 2 heterocycles. The van der Waals surface area contributed by atoms with Crippen molar-refractivity contribution in [3.05, 3.63) is 38.9 Å². The molecule has 0 radical (unpaired) electrons. The molecule has 0 saturated heterocycles. The van der Waals surface area contributed by atoms with Crippen LogP contribution < -0.4 is 0 Å². The highest BCUT2D eigenvalue weighted by molar-refractivity contribution is 7.16. The van der Waals surface area contributed by atoms with Gasteiger partial charge in [0.25, 0.3) is 0 Å². The first-order valence-electron chi connectivity index (χ1n) is 5.16. The molecule has 5 nitrogen and oxygen atoms in total. The molecule has 0 aliphatic heterocycles. The highest BCUT2D eigenvalue weighted by Crippen LogP contribution is 2.22. The van der Waals surface area contributed by atoms with E-state index in [2.05, 4.69) is 5.16 Å². The van der Waals surface area contributed by atoms with Crippen LogP contribution in [-0.4, -0.2) is 28.2 Å². The summed E-state index contributed by atoms with van der Waals surface area (Å²) >= 11 is 7.37. The van der Waals surface area contributed by atoms with Gasteiger partial charge in [0.2, 0.25) is 0 Å². The molecule has 0 aliphatic carbocycles. The van der Waals surface area contributed by atoms with Gasteiger partial charge in [-0.2, -0.15) is 0 Å². The molecule has 96 valence electrons. The van der Waals surface area contributed by atoms with Crippen LogP contribution in [0.4, 0.5) is 0 Å². The van der Waals surface area contributed by atoms with Gasteiger partial charge in [-0.15, -0.1) is 11.3 Å². The van der Waals surface area contributed by atoms with Crippen molar-refractivity contribution < 1.29 is 14.4 Å². The Labute approximate surface area is 113 Å². The molecule has 2 rings (SSSR count). The van der Waals surface area contributed by atoms with E-state index in [4.69, 9.17) is 21.2 Å². The number of halogens is 1. The van der Waals surface area contributed by atoms with E-state index in [1.54, 1.807) is 0 Å². The van der Waals surface area contributed by atoms with Crippen molar-refractivity contribution in [3.8, 4) is 0 Å². The average Bonchev–Trinajstić information content (AvgIpc) is 2.88. The summed E-state index contributed by atoms with van der Waals surface area (Å²) in [5, 5.41) is 12.2. The van der Waals surface area contributed by atoms with E-state index in [1.165, 1.54) is 17.4 Å². The topological polar surface area (TPSA) is 66.6 Å². The van der Waals surface area contributed by atoms with Crippen molar-refractivity contribution in [1.29, 1.82) is 0 Å². The number of carbonyl (C=O) groups is 1. The van der Waals surface area contributed by atoms with Gasteiger partial charge in [0.05, 0.1) is 10.9 Å². The van der Waals surface area contributed by atoms with Gasteiger partial charge in [-0.3, -0.25) is 4.90 Å². The molecule has 0 spiro atoms. The SMILES string of the molecule is CN(Cc1cc(C(=O)O)no1)Cc1ccc(Cl)s1. The third kappa shape index (κ3) is 3.32. The van der Waals surface area contributed by atoms with Gasteiger partial charge in [0.15, 0.2) is 11.5 Å². The first kappa shape index (κ1) is 13.1. The monoisotopic (exact) mass is 286 g/mol. The minimum atomic E-state index is -1.09. The van der Waals surface area contributed by atoms with E-state index >= 15 is 0 Å². The number of aromatic carboxylic acids is 1. The smallest absolute Gasteiger partial charge is 0.358 e. The van der Waals surface area contributed by atoms with Crippen LogP contribution in [-0.2, 0) is 13.1 Å². The van der Waals surface area contributed by atoms with E-state index < -0.39 is 5.97 Å². The first-order chi connectivity index (χ1) is 8.54. The third-order valence-corrected chi connectivity index (χ3v) is 3.47. The molecular weight excluding hydrogens is 276 g/mol. The molecule has 0 aromatic carbocycles. The Balaban J connectivity index is 1.94. The summed E-state index contributed by atoms with van der Waals surface area (Å²) in [6.07, 6.45) is 0. The number of thiophene rings is 1. The fourth-order valence-corrected chi connectivity index (χ4v) is 2.68. The normalized spacial score (nSPS) is 11.1. The van der Waals surface area contributed by atoms with Crippen molar-refractivity contribution >= 4 is 28.9 Å². The molecule has 18 heavy (non-hydrogen) atoms. The van der Waals surface area contributed by atoms with E-state index in [9.17, 15) is 4.79 Å². The molecule has 0 bridgehead atoms. The van der Waals surface area contributed by atoms with Gasteiger partial charge in [-0.05, 0) is 19.2 Å². The second kappa shape index (κ2) is 5.51. The van der Waals surface area contributed by atoms with E-state index in [0.717, 1.165) is 15.8 Å². The highest BCUT2D eigenvalue weighted by Gasteiger charge is 2.12. The van der Waals surface area contributed by atoms with Gasteiger partial charge in [-0.1, -0.05) is 16.8 Å². The van der Waals surface area contributed by atoms with Crippen LogP contribution in [0.15, 0.2) is 22.7 Å². The Morgan fingerprint density at radius 2 is 2.33 bits per heavy atom. The maximum absolute atomic E-state index is 10.6. The predicted molar refractivity (Wildman–Crippen MR) is 68.0 cm³/mol. The van der Waals surface area contributed by atoms with Crippen LogP contribution in [0, 0.1) is 0 Å². The summed E-state index contributed by atoms with van der Waals surface area (Å²) in [7, 11) is 1.91. The number of aromatic nitrogens is 1. The van der Waals surface area contributed by atoms with Crippen molar-refractivity contribution in [1.82, 2.24) is 10.1 Å². The Morgan fingerprint density at radius 3 is 2.89 bits per heavy atom. The van der Waals surface area contributed by atoms with E-state index in [1.807, 2.05) is 24.1 Å². The number of hydrogen-bond donors (Lipinski definition) is 1. The maximum Gasteiger partial charge on any atom is 0.358 e. The number of carboxylic acid groups (broad SMARTS) is 1. The zero-order valence-corrected chi connectivity index (χ0v) is 11.2. The molecule has 0 atom stereocenters. The summed E-state index contributed by atoms with van der Waals surface area (Å²) in [5.74, 6) is -0.560. The summed E-state index contributed by atoms with van der Waals surface area (Å²) < 4.78 is 5.70. The van der Waals surface area contributed by atoms with Crippen LogP contribution in [0.3, 0.4) is 0 Å². The van der Waals surface area contributed by atoms with Crippen LogP contribution in [0.1, 0.15) is 21.1 Å². The Bertz CT molecular complexity index is 552. The number of carboxylic acids is 1. The van der Waals surface area contributed by atoms with Gasteiger partial charge in [-0.25, -0.2) is 4.79 Å². The fourth-order valence-electron chi connectivity index (χ4n) is 1.51. The van der Waals surface area contributed by atoms with Crippen LogP contribution >= 0.6 is 22.9 Å². The first-order valence-corrected chi connectivity index (χ1v) is 6.35. The largest absolute Gasteiger partial charge is 0.476 e. The van der Waals surface area contributed by atoms with Crippen LogP contribution in [0.25, 0.3) is 0 Å². The Morgan fingerprint density at radius 1 is 1.56 bits per heavy atom.